The Balaban J connectivity index is 1.64. The van der Waals surface area contributed by atoms with E-state index in [-0.39, 0.29) is 30.4 Å². The van der Waals surface area contributed by atoms with Crippen molar-refractivity contribution in [2.75, 3.05) is 6.61 Å². The van der Waals surface area contributed by atoms with E-state index in [2.05, 4.69) is 26.4 Å². The summed E-state index contributed by atoms with van der Waals surface area (Å²) in [5.74, 6) is -1.54. The summed E-state index contributed by atoms with van der Waals surface area (Å²) < 4.78 is 12.5. The van der Waals surface area contributed by atoms with Crippen molar-refractivity contribution in [2.24, 2.45) is 0 Å². The molecule has 0 saturated carbocycles. The van der Waals surface area contributed by atoms with Crippen LogP contribution >= 0.6 is 15.9 Å². The number of hydrogen-bond acceptors (Lipinski definition) is 7. The Kier molecular flexibility index (Phi) is 4.71. The van der Waals surface area contributed by atoms with Crippen molar-refractivity contribution in [3.63, 3.8) is 0 Å². The Hall–Kier alpha value is -2.66. The van der Waals surface area contributed by atoms with Gasteiger partial charge in [-0.15, -0.1) is 0 Å². The third kappa shape index (κ3) is 3.10. The van der Waals surface area contributed by atoms with Crippen molar-refractivity contribution in [3.05, 3.63) is 44.1 Å². The molecule has 11 heteroatoms. The number of halogens is 1. The maximum Gasteiger partial charge on any atom is 0.276 e. The van der Waals surface area contributed by atoms with E-state index in [1.165, 1.54) is 15.7 Å². The summed E-state index contributed by atoms with van der Waals surface area (Å²) in [6.45, 7) is 2.63. The normalized spacial score (nSPS) is 21.2. The van der Waals surface area contributed by atoms with Crippen molar-refractivity contribution >= 4 is 27.7 Å². The van der Waals surface area contributed by atoms with E-state index in [0.717, 1.165) is 0 Å². The summed E-state index contributed by atoms with van der Waals surface area (Å²) in [6, 6.07) is 1.51. The topological polar surface area (TPSA) is 127 Å². The zero-order valence-corrected chi connectivity index (χ0v) is 16.4. The summed E-state index contributed by atoms with van der Waals surface area (Å²) in [4.78, 5) is 39.3. The van der Waals surface area contributed by atoms with Gasteiger partial charge in [-0.25, -0.2) is 0 Å². The fourth-order valence-corrected chi connectivity index (χ4v) is 3.78. The first kappa shape index (κ1) is 18.7. The Bertz CT molecular complexity index is 1020. The molecule has 1 saturated heterocycles. The number of rotatable bonds is 3. The number of nitrogens with one attached hydrogen (secondary N) is 1. The molecule has 2 N–H and O–H groups in total. The van der Waals surface area contributed by atoms with Crippen LogP contribution in [0.1, 0.15) is 40.0 Å². The van der Waals surface area contributed by atoms with Crippen LogP contribution < -0.4 is 10.7 Å². The Morgan fingerprint density at radius 1 is 1.46 bits per heavy atom. The zero-order chi connectivity index (χ0) is 20.0. The number of hydrogen-bond donors (Lipinski definition) is 2. The van der Waals surface area contributed by atoms with Gasteiger partial charge in [0.2, 0.25) is 5.43 Å². The fraction of sp³-hybridized carbons (Fsp3) is 0.412. The molecule has 0 bridgehead atoms. The molecule has 148 valence electrons. The third-order valence-corrected chi connectivity index (χ3v) is 5.25. The summed E-state index contributed by atoms with van der Waals surface area (Å²) >= 11 is 3.13. The highest BCUT2D eigenvalue weighted by Crippen LogP contribution is 2.29. The SMILES string of the molecule is C[C@@H]1CCO[C@H]2Cn3cc(C(=O)NCc4cc(Br)no4)c(=O)c(O)c3C(=O)N12. The summed E-state index contributed by atoms with van der Waals surface area (Å²) in [5, 5.41) is 16.5. The molecule has 2 atom stereocenters. The minimum absolute atomic E-state index is 0.00927. The Morgan fingerprint density at radius 3 is 2.96 bits per heavy atom. The molecule has 2 aliphatic heterocycles. The molecule has 2 aliphatic rings. The first-order chi connectivity index (χ1) is 13.4. The molecular weight excluding hydrogens is 436 g/mol. The lowest BCUT2D eigenvalue weighted by Crippen LogP contribution is -2.57. The molecule has 2 amide bonds. The van der Waals surface area contributed by atoms with Crippen molar-refractivity contribution in [1.82, 2.24) is 19.9 Å². The number of pyridine rings is 1. The van der Waals surface area contributed by atoms with Crippen LogP contribution in [0.5, 0.6) is 5.75 Å². The summed E-state index contributed by atoms with van der Waals surface area (Å²) in [7, 11) is 0. The number of ether oxygens (including phenoxy) is 1. The van der Waals surface area contributed by atoms with Crippen molar-refractivity contribution in [3.8, 4) is 5.75 Å². The van der Waals surface area contributed by atoms with Crippen LogP contribution in [0.25, 0.3) is 0 Å². The van der Waals surface area contributed by atoms with Gasteiger partial charge < -0.3 is 29.2 Å². The van der Waals surface area contributed by atoms with Gasteiger partial charge in [0.25, 0.3) is 11.8 Å². The van der Waals surface area contributed by atoms with Crippen LogP contribution in [-0.2, 0) is 17.8 Å². The van der Waals surface area contributed by atoms with Gasteiger partial charge in [-0.2, -0.15) is 0 Å². The molecule has 0 aromatic carbocycles. The van der Waals surface area contributed by atoms with Crippen LogP contribution in [-0.4, -0.2) is 50.4 Å². The first-order valence-corrected chi connectivity index (χ1v) is 9.46. The minimum Gasteiger partial charge on any atom is -0.503 e. The molecular formula is C17H17BrN4O6. The lowest BCUT2D eigenvalue weighted by molar-refractivity contribution is -0.112. The molecule has 1 fully saturated rings. The van der Waals surface area contributed by atoms with Crippen molar-refractivity contribution in [2.45, 2.75) is 38.7 Å². The van der Waals surface area contributed by atoms with E-state index in [9.17, 15) is 19.5 Å². The van der Waals surface area contributed by atoms with Crippen LogP contribution in [0, 0.1) is 0 Å². The Morgan fingerprint density at radius 2 is 2.25 bits per heavy atom. The molecule has 4 rings (SSSR count). The molecule has 28 heavy (non-hydrogen) atoms. The van der Waals surface area contributed by atoms with E-state index in [1.54, 1.807) is 6.07 Å². The van der Waals surface area contributed by atoms with E-state index in [0.29, 0.717) is 23.4 Å². The molecule has 0 aliphatic carbocycles. The summed E-state index contributed by atoms with van der Waals surface area (Å²) in [6.07, 6.45) is 1.44. The first-order valence-electron chi connectivity index (χ1n) is 8.66. The highest BCUT2D eigenvalue weighted by Gasteiger charge is 2.41. The second-order valence-electron chi connectivity index (χ2n) is 6.70. The minimum atomic E-state index is -0.903. The molecule has 2 aromatic heterocycles. The average Bonchev–Trinajstić information content (AvgIpc) is 3.07. The second-order valence-corrected chi connectivity index (χ2v) is 7.51. The van der Waals surface area contributed by atoms with Crippen molar-refractivity contribution < 1.29 is 24.0 Å². The number of carbonyl (C=O) groups is 2. The molecule has 10 nitrogen and oxygen atoms in total. The van der Waals surface area contributed by atoms with Gasteiger partial charge in [0.15, 0.2) is 23.4 Å². The quantitative estimate of drug-likeness (QED) is 0.705. The van der Waals surface area contributed by atoms with Crippen LogP contribution in [0.15, 0.2) is 26.2 Å². The third-order valence-electron chi connectivity index (χ3n) is 4.88. The number of carbonyl (C=O) groups excluding carboxylic acids is 2. The van der Waals surface area contributed by atoms with Gasteiger partial charge in [0.1, 0.15) is 10.2 Å². The lowest BCUT2D eigenvalue weighted by Gasteiger charge is -2.44. The van der Waals surface area contributed by atoms with Gasteiger partial charge in [0.05, 0.1) is 19.7 Å². The number of fused-ring (bicyclic) bond motifs is 2. The Labute approximate surface area is 167 Å². The van der Waals surface area contributed by atoms with E-state index >= 15 is 0 Å². The fourth-order valence-electron chi connectivity index (χ4n) is 3.45. The number of nitrogens with zero attached hydrogens (tertiary/aromatic N) is 3. The van der Waals surface area contributed by atoms with E-state index in [1.807, 2.05) is 6.92 Å². The predicted octanol–water partition coefficient (Wildman–Crippen LogP) is 0.825. The molecule has 0 spiro atoms. The molecule has 4 heterocycles. The van der Waals surface area contributed by atoms with Gasteiger partial charge in [0, 0.05) is 18.3 Å². The summed E-state index contributed by atoms with van der Waals surface area (Å²) in [5.41, 5.74) is -1.31. The lowest BCUT2D eigenvalue weighted by atomic mass is 10.1. The largest absolute Gasteiger partial charge is 0.503 e. The highest BCUT2D eigenvalue weighted by atomic mass is 79.9. The smallest absolute Gasteiger partial charge is 0.276 e. The maximum atomic E-state index is 12.8. The molecule has 2 aromatic rings. The average molecular weight is 453 g/mol. The van der Waals surface area contributed by atoms with Gasteiger partial charge in [-0.3, -0.25) is 14.4 Å². The van der Waals surface area contributed by atoms with E-state index < -0.39 is 29.2 Å². The number of aromatic nitrogens is 2. The van der Waals surface area contributed by atoms with Crippen LogP contribution in [0.3, 0.4) is 0 Å². The predicted molar refractivity (Wildman–Crippen MR) is 97.7 cm³/mol. The molecule has 0 unspecified atom stereocenters. The van der Waals surface area contributed by atoms with Crippen molar-refractivity contribution in [1.29, 1.82) is 0 Å². The zero-order valence-electron chi connectivity index (χ0n) is 14.8. The van der Waals surface area contributed by atoms with E-state index in [4.69, 9.17) is 9.26 Å². The van der Waals surface area contributed by atoms with Gasteiger partial charge >= 0.3 is 0 Å². The highest BCUT2D eigenvalue weighted by molar-refractivity contribution is 9.10. The van der Waals surface area contributed by atoms with Crippen LogP contribution in [0.4, 0.5) is 0 Å². The standard InChI is InChI=1S/C17H17BrN4O6/c1-8-2-3-27-12-7-21-6-10(14(23)15(24)13(21)17(26)22(8)12)16(25)19-5-9-4-11(18)20-28-9/h4,6,8,12,24H,2-3,5,7H2,1H3,(H,19,25)/t8-,12+/m1/s1. The number of aromatic hydroxyl groups is 1. The monoisotopic (exact) mass is 452 g/mol. The molecule has 0 radical (unpaired) electrons. The van der Waals surface area contributed by atoms with Crippen LogP contribution in [0.2, 0.25) is 0 Å². The number of amides is 2. The van der Waals surface area contributed by atoms with Gasteiger partial charge in [-0.05, 0) is 29.3 Å². The van der Waals surface area contributed by atoms with Gasteiger partial charge in [-0.1, -0.05) is 5.16 Å². The maximum absolute atomic E-state index is 12.8. The second kappa shape index (κ2) is 7.06.